The van der Waals surface area contributed by atoms with E-state index in [4.69, 9.17) is 0 Å². The molecule has 0 aliphatic carbocycles. The van der Waals surface area contributed by atoms with E-state index in [2.05, 4.69) is 5.32 Å². The van der Waals surface area contributed by atoms with Gasteiger partial charge in [-0.15, -0.1) is 0 Å². The van der Waals surface area contributed by atoms with Gasteiger partial charge >= 0.3 is 0 Å². The van der Waals surface area contributed by atoms with Crippen molar-refractivity contribution in [2.24, 2.45) is 0 Å². The molecule has 1 fully saturated rings. The average Bonchev–Trinajstić information content (AvgIpc) is 2.47. The van der Waals surface area contributed by atoms with Gasteiger partial charge < -0.3 is 10.2 Å². The van der Waals surface area contributed by atoms with Crippen LogP contribution in [0.4, 0.5) is 0 Å². The predicted octanol–water partition coefficient (Wildman–Crippen LogP) is 1.34. The maximum Gasteiger partial charge on any atom is 0.239 e. The Morgan fingerprint density at radius 2 is 1.95 bits per heavy atom. The Hall–Kier alpha value is -2.36. The van der Waals surface area contributed by atoms with Crippen LogP contribution in [-0.2, 0) is 16.0 Å². The summed E-state index contributed by atoms with van der Waals surface area (Å²) in [5.41, 5.74) is 1.01. The van der Waals surface area contributed by atoms with Crippen molar-refractivity contribution < 1.29 is 9.59 Å². The van der Waals surface area contributed by atoms with Crippen molar-refractivity contribution in [2.45, 2.75) is 6.42 Å². The summed E-state index contributed by atoms with van der Waals surface area (Å²) in [6.45, 7) is 1.30. The van der Waals surface area contributed by atoms with Crippen LogP contribution in [0.2, 0.25) is 0 Å². The minimum atomic E-state index is -0.0810. The molecule has 2 aromatic rings. The minimum absolute atomic E-state index is 0.0104. The first kappa shape index (κ1) is 12.7. The van der Waals surface area contributed by atoms with Crippen LogP contribution in [0.3, 0.4) is 0 Å². The Kier molecular flexibility index (Phi) is 3.37. The molecule has 1 aliphatic heterocycles. The summed E-state index contributed by atoms with van der Waals surface area (Å²) in [5, 5.41) is 4.96. The third-order valence-corrected chi connectivity index (χ3v) is 3.61. The summed E-state index contributed by atoms with van der Waals surface area (Å²) < 4.78 is 0. The first-order valence-corrected chi connectivity index (χ1v) is 6.75. The van der Waals surface area contributed by atoms with Crippen molar-refractivity contribution in [2.75, 3.05) is 19.6 Å². The quantitative estimate of drug-likeness (QED) is 0.893. The molecule has 3 rings (SSSR count). The second-order valence-corrected chi connectivity index (χ2v) is 4.98. The summed E-state index contributed by atoms with van der Waals surface area (Å²) >= 11 is 0. The van der Waals surface area contributed by atoms with E-state index < -0.39 is 0 Å². The number of piperazine rings is 1. The van der Waals surface area contributed by atoms with E-state index in [0.29, 0.717) is 19.5 Å². The first-order valence-electron chi connectivity index (χ1n) is 6.75. The number of nitrogens with one attached hydrogen (secondary N) is 1. The van der Waals surface area contributed by atoms with Gasteiger partial charge in [-0.05, 0) is 16.3 Å². The number of hydrogen-bond donors (Lipinski definition) is 1. The highest BCUT2D eigenvalue weighted by Crippen LogP contribution is 2.19. The van der Waals surface area contributed by atoms with Crippen LogP contribution in [0, 0.1) is 0 Å². The van der Waals surface area contributed by atoms with E-state index in [-0.39, 0.29) is 18.4 Å². The third-order valence-electron chi connectivity index (χ3n) is 3.61. The van der Waals surface area contributed by atoms with Gasteiger partial charge in [-0.25, -0.2) is 0 Å². The molecule has 0 aromatic heterocycles. The normalized spacial score (nSPS) is 15.2. The molecule has 1 aliphatic rings. The number of carbonyl (C=O) groups is 2. The molecule has 2 amide bonds. The van der Waals surface area contributed by atoms with Gasteiger partial charge in [0.1, 0.15) is 0 Å². The monoisotopic (exact) mass is 268 g/mol. The predicted molar refractivity (Wildman–Crippen MR) is 77.2 cm³/mol. The topological polar surface area (TPSA) is 49.4 Å². The zero-order valence-electron chi connectivity index (χ0n) is 11.1. The van der Waals surface area contributed by atoms with Gasteiger partial charge in [0.25, 0.3) is 0 Å². The molecule has 102 valence electrons. The fourth-order valence-corrected chi connectivity index (χ4v) is 2.57. The van der Waals surface area contributed by atoms with Crippen LogP contribution >= 0.6 is 0 Å². The zero-order chi connectivity index (χ0) is 13.9. The second-order valence-electron chi connectivity index (χ2n) is 4.98. The fraction of sp³-hybridized carbons (Fsp3) is 0.250. The molecule has 1 N–H and O–H groups in total. The first-order chi connectivity index (χ1) is 9.74. The SMILES string of the molecule is O=C1CN(C(=O)Cc2cccc3ccccc23)CCN1. The van der Waals surface area contributed by atoms with E-state index in [9.17, 15) is 9.59 Å². The molecule has 0 saturated carbocycles. The van der Waals surface area contributed by atoms with Crippen LogP contribution in [0.1, 0.15) is 5.56 Å². The molecule has 4 nitrogen and oxygen atoms in total. The van der Waals surface area contributed by atoms with Crippen molar-refractivity contribution in [3.8, 4) is 0 Å². The lowest BCUT2D eigenvalue weighted by atomic mass is 10.0. The van der Waals surface area contributed by atoms with Gasteiger partial charge in [0.2, 0.25) is 11.8 Å². The van der Waals surface area contributed by atoms with Gasteiger partial charge in [0.05, 0.1) is 13.0 Å². The lowest BCUT2D eigenvalue weighted by Gasteiger charge is -2.26. The number of benzene rings is 2. The summed E-state index contributed by atoms with van der Waals surface area (Å²) in [6.07, 6.45) is 0.342. The Balaban J connectivity index is 1.82. The van der Waals surface area contributed by atoms with E-state index in [1.165, 1.54) is 0 Å². The highest BCUT2D eigenvalue weighted by Gasteiger charge is 2.21. The highest BCUT2D eigenvalue weighted by molar-refractivity contribution is 5.92. The lowest BCUT2D eigenvalue weighted by molar-refractivity contribution is -0.137. The Morgan fingerprint density at radius 1 is 1.15 bits per heavy atom. The Morgan fingerprint density at radius 3 is 2.80 bits per heavy atom. The minimum Gasteiger partial charge on any atom is -0.353 e. The van der Waals surface area contributed by atoms with E-state index in [1.54, 1.807) is 4.90 Å². The van der Waals surface area contributed by atoms with Gasteiger partial charge in [-0.1, -0.05) is 42.5 Å². The van der Waals surface area contributed by atoms with E-state index in [0.717, 1.165) is 16.3 Å². The Bertz CT molecular complexity index is 661. The number of nitrogens with zero attached hydrogens (tertiary/aromatic N) is 1. The molecule has 1 heterocycles. The zero-order valence-corrected chi connectivity index (χ0v) is 11.1. The van der Waals surface area contributed by atoms with E-state index >= 15 is 0 Å². The van der Waals surface area contributed by atoms with Crippen molar-refractivity contribution in [1.29, 1.82) is 0 Å². The van der Waals surface area contributed by atoms with Crippen LogP contribution in [-0.4, -0.2) is 36.3 Å². The third kappa shape index (κ3) is 2.50. The molecule has 0 spiro atoms. The van der Waals surface area contributed by atoms with Crippen LogP contribution in [0.15, 0.2) is 42.5 Å². The van der Waals surface area contributed by atoms with Gasteiger partial charge in [0, 0.05) is 13.1 Å². The summed E-state index contributed by atoms with van der Waals surface area (Å²) in [7, 11) is 0. The Labute approximate surface area is 117 Å². The molecular formula is C16H16N2O2. The molecule has 2 aromatic carbocycles. The number of amides is 2. The van der Waals surface area contributed by atoms with E-state index in [1.807, 2.05) is 42.5 Å². The number of fused-ring (bicyclic) bond motifs is 1. The van der Waals surface area contributed by atoms with Crippen LogP contribution in [0.25, 0.3) is 10.8 Å². The number of carbonyl (C=O) groups excluding carboxylic acids is 2. The average molecular weight is 268 g/mol. The molecule has 0 radical (unpaired) electrons. The number of rotatable bonds is 2. The standard InChI is InChI=1S/C16H16N2O2/c19-15-11-18(9-8-17-15)16(20)10-13-6-3-5-12-4-1-2-7-14(12)13/h1-7H,8-11H2,(H,17,19). The van der Waals surface area contributed by atoms with Crippen LogP contribution in [0.5, 0.6) is 0 Å². The molecule has 0 atom stereocenters. The summed E-state index contributed by atoms with van der Waals surface area (Å²) in [6, 6.07) is 14.0. The maximum atomic E-state index is 12.3. The summed E-state index contributed by atoms with van der Waals surface area (Å²) in [4.78, 5) is 25.3. The van der Waals surface area contributed by atoms with Crippen molar-refractivity contribution >= 4 is 22.6 Å². The highest BCUT2D eigenvalue weighted by atomic mass is 16.2. The molecule has 20 heavy (non-hydrogen) atoms. The molecular weight excluding hydrogens is 252 g/mol. The van der Waals surface area contributed by atoms with Crippen molar-refractivity contribution in [3.63, 3.8) is 0 Å². The maximum absolute atomic E-state index is 12.3. The number of hydrogen-bond acceptors (Lipinski definition) is 2. The smallest absolute Gasteiger partial charge is 0.239 e. The van der Waals surface area contributed by atoms with Crippen molar-refractivity contribution in [1.82, 2.24) is 10.2 Å². The second kappa shape index (κ2) is 5.33. The molecule has 1 saturated heterocycles. The van der Waals surface area contributed by atoms with Gasteiger partial charge in [-0.2, -0.15) is 0 Å². The largest absolute Gasteiger partial charge is 0.353 e. The van der Waals surface area contributed by atoms with Crippen LogP contribution < -0.4 is 5.32 Å². The fourth-order valence-electron chi connectivity index (χ4n) is 2.57. The molecule has 0 bridgehead atoms. The molecule has 4 heteroatoms. The molecule has 0 unspecified atom stereocenters. The summed E-state index contributed by atoms with van der Waals surface area (Å²) in [5.74, 6) is -0.0706. The lowest BCUT2D eigenvalue weighted by Crippen LogP contribution is -2.50. The van der Waals surface area contributed by atoms with Gasteiger partial charge in [-0.3, -0.25) is 9.59 Å². The van der Waals surface area contributed by atoms with Gasteiger partial charge in [0.15, 0.2) is 0 Å². The van der Waals surface area contributed by atoms with Crippen molar-refractivity contribution in [3.05, 3.63) is 48.0 Å².